The van der Waals surface area contributed by atoms with Crippen LogP contribution in [0.2, 0.25) is 0 Å². The molecule has 1 aliphatic rings. The summed E-state index contributed by atoms with van der Waals surface area (Å²) >= 11 is 0. The maximum atomic E-state index is 11.8. The Morgan fingerprint density at radius 2 is 1.94 bits per heavy atom. The molecule has 0 saturated carbocycles. The lowest BCUT2D eigenvalue weighted by molar-refractivity contribution is -0.123. The van der Waals surface area contributed by atoms with Crippen molar-refractivity contribution in [1.29, 1.82) is 0 Å². The predicted octanol–water partition coefficient (Wildman–Crippen LogP) is 0.442. The maximum Gasteiger partial charge on any atom is 0.234 e. The molecule has 1 aliphatic heterocycles. The van der Waals surface area contributed by atoms with E-state index in [-0.39, 0.29) is 17.4 Å². The first-order valence-electron chi connectivity index (χ1n) is 6.12. The standard InChI is InChI=1S/C12H25N3O/c1-10(12(2,3)4)14-11(16)9-15-7-5-13-6-8-15/h10,13H,5-9H2,1-4H3,(H,14,16). The van der Waals surface area contributed by atoms with E-state index >= 15 is 0 Å². The number of hydrogen-bond acceptors (Lipinski definition) is 3. The fourth-order valence-corrected chi connectivity index (χ4v) is 1.58. The van der Waals surface area contributed by atoms with Gasteiger partial charge in [-0.05, 0) is 12.3 Å². The minimum Gasteiger partial charge on any atom is -0.352 e. The normalized spacial score (nSPS) is 20.5. The van der Waals surface area contributed by atoms with Crippen LogP contribution in [-0.4, -0.2) is 49.6 Å². The fraction of sp³-hybridized carbons (Fsp3) is 0.917. The van der Waals surface area contributed by atoms with Crippen LogP contribution in [-0.2, 0) is 4.79 Å². The third-order valence-corrected chi connectivity index (χ3v) is 3.25. The van der Waals surface area contributed by atoms with Crippen LogP contribution in [0.15, 0.2) is 0 Å². The van der Waals surface area contributed by atoms with Crippen molar-refractivity contribution >= 4 is 5.91 Å². The zero-order valence-corrected chi connectivity index (χ0v) is 11.0. The van der Waals surface area contributed by atoms with Crippen LogP contribution in [0.4, 0.5) is 0 Å². The lowest BCUT2D eigenvalue weighted by Gasteiger charge is -2.30. The highest BCUT2D eigenvalue weighted by Gasteiger charge is 2.22. The molecule has 1 rings (SSSR count). The minimum absolute atomic E-state index is 0.124. The molecule has 0 radical (unpaired) electrons. The van der Waals surface area contributed by atoms with Gasteiger partial charge in [-0.2, -0.15) is 0 Å². The third-order valence-electron chi connectivity index (χ3n) is 3.25. The summed E-state index contributed by atoms with van der Waals surface area (Å²) in [5.41, 5.74) is 0.124. The van der Waals surface area contributed by atoms with Crippen molar-refractivity contribution in [1.82, 2.24) is 15.5 Å². The van der Waals surface area contributed by atoms with Gasteiger partial charge in [-0.3, -0.25) is 9.69 Å². The Kier molecular flexibility index (Phi) is 4.74. The average molecular weight is 227 g/mol. The maximum absolute atomic E-state index is 11.8. The van der Waals surface area contributed by atoms with E-state index in [0.29, 0.717) is 6.54 Å². The summed E-state index contributed by atoms with van der Waals surface area (Å²) in [4.78, 5) is 14.0. The van der Waals surface area contributed by atoms with Crippen LogP contribution < -0.4 is 10.6 Å². The number of nitrogens with one attached hydrogen (secondary N) is 2. The molecule has 0 aromatic carbocycles. The Morgan fingerprint density at radius 1 is 1.38 bits per heavy atom. The SMILES string of the molecule is CC(NC(=O)CN1CCNCC1)C(C)(C)C. The van der Waals surface area contributed by atoms with E-state index in [1.165, 1.54) is 0 Å². The van der Waals surface area contributed by atoms with Gasteiger partial charge < -0.3 is 10.6 Å². The number of rotatable bonds is 3. The Balaban J connectivity index is 2.29. The molecule has 1 saturated heterocycles. The Hall–Kier alpha value is -0.610. The minimum atomic E-state index is 0.124. The summed E-state index contributed by atoms with van der Waals surface area (Å²) in [6.07, 6.45) is 0. The molecule has 1 amide bonds. The van der Waals surface area contributed by atoms with E-state index in [1.54, 1.807) is 0 Å². The van der Waals surface area contributed by atoms with Gasteiger partial charge in [-0.1, -0.05) is 20.8 Å². The van der Waals surface area contributed by atoms with E-state index < -0.39 is 0 Å². The van der Waals surface area contributed by atoms with Gasteiger partial charge in [0.2, 0.25) is 5.91 Å². The lowest BCUT2D eigenvalue weighted by atomic mass is 9.88. The van der Waals surface area contributed by atoms with Crippen molar-refractivity contribution in [3.05, 3.63) is 0 Å². The van der Waals surface area contributed by atoms with Crippen molar-refractivity contribution in [2.24, 2.45) is 5.41 Å². The largest absolute Gasteiger partial charge is 0.352 e. The number of amides is 1. The molecule has 0 bridgehead atoms. The van der Waals surface area contributed by atoms with Crippen LogP contribution >= 0.6 is 0 Å². The average Bonchev–Trinajstić information content (AvgIpc) is 2.17. The number of piperazine rings is 1. The van der Waals surface area contributed by atoms with E-state index in [0.717, 1.165) is 26.2 Å². The summed E-state index contributed by atoms with van der Waals surface area (Å²) < 4.78 is 0. The predicted molar refractivity (Wildman–Crippen MR) is 66.4 cm³/mol. The zero-order chi connectivity index (χ0) is 12.2. The summed E-state index contributed by atoms with van der Waals surface area (Å²) in [5, 5.41) is 6.35. The van der Waals surface area contributed by atoms with E-state index in [1.807, 2.05) is 0 Å². The molecule has 1 unspecified atom stereocenters. The monoisotopic (exact) mass is 227 g/mol. The van der Waals surface area contributed by atoms with Gasteiger partial charge in [0.1, 0.15) is 0 Å². The highest BCUT2D eigenvalue weighted by molar-refractivity contribution is 5.78. The van der Waals surface area contributed by atoms with Gasteiger partial charge in [0, 0.05) is 32.2 Å². The van der Waals surface area contributed by atoms with Crippen LogP contribution in [0.1, 0.15) is 27.7 Å². The molecule has 0 spiro atoms. The molecule has 4 heteroatoms. The number of nitrogens with zero attached hydrogens (tertiary/aromatic N) is 1. The number of carbonyl (C=O) groups excluding carboxylic acids is 1. The van der Waals surface area contributed by atoms with Gasteiger partial charge in [-0.15, -0.1) is 0 Å². The summed E-state index contributed by atoms with van der Waals surface area (Å²) in [6, 6.07) is 0.211. The fourth-order valence-electron chi connectivity index (χ4n) is 1.58. The highest BCUT2D eigenvalue weighted by Crippen LogP contribution is 2.18. The first-order valence-corrected chi connectivity index (χ1v) is 6.12. The van der Waals surface area contributed by atoms with Crippen molar-refractivity contribution in [2.45, 2.75) is 33.7 Å². The van der Waals surface area contributed by atoms with E-state index in [4.69, 9.17) is 0 Å². The van der Waals surface area contributed by atoms with Crippen LogP contribution in [0, 0.1) is 5.41 Å². The highest BCUT2D eigenvalue weighted by atomic mass is 16.2. The summed E-state index contributed by atoms with van der Waals surface area (Å²) in [6.45, 7) is 12.9. The molecule has 94 valence electrons. The van der Waals surface area contributed by atoms with Gasteiger partial charge in [-0.25, -0.2) is 0 Å². The second-order valence-electron chi connectivity index (χ2n) is 5.68. The molecule has 4 nitrogen and oxygen atoms in total. The molecule has 0 aromatic rings. The molecule has 1 atom stereocenters. The number of hydrogen-bond donors (Lipinski definition) is 2. The smallest absolute Gasteiger partial charge is 0.234 e. The van der Waals surface area contributed by atoms with Gasteiger partial charge in [0.15, 0.2) is 0 Å². The first-order chi connectivity index (χ1) is 7.39. The molecule has 16 heavy (non-hydrogen) atoms. The van der Waals surface area contributed by atoms with Crippen LogP contribution in [0.3, 0.4) is 0 Å². The molecule has 1 heterocycles. The molecule has 0 aliphatic carbocycles. The van der Waals surface area contributed by atoms with Crippen LogP contribution in [0.5, 0.6) is 0 Å². The van der Waals surface area contributed by atoms with Gasteiger partial charge in [0.05, 0.1) is 6.54 Å². The molecule has 0 aromatic heterocycles. The molecule has 1 fully saturated rings. The van der Waals surface area contributed by atoms with Crippen molar-refractivity contribution in [3.8, 4) is 0 Å². The van der Waals surface area contributed by atoms with Crippen molar-refractivity contribution in [3.63, 3.8) is 0 Å². The lowest BCUT2D eigenvalue weighted by Crippen LogP contribution is -2.50. The van der Waals surface area contributed by atoms with Gasteiger partial charge in [0.25, 0.3) is 0 Å². The van der Waals surface area contributed by atoms with Crippen LogP contribution in [0.25, 0.3) is 0 Å². The third kappa shape index (κ3) is 4.49. The second kappa shape index (κ2) is 5.64. The van der Waals surface area contributed by atoms with Crippen molar-refractivity contribution in [2.75, 3.05) is 32.7 Å². The summed E-state index contributed by atoms with van der Waals surface area (Å²) in [7, 11) is 0. The summed E-state index contributed by atoms with van der Waals surface area (Å²) in [5.74, 6) is 0.143. The number of carbonyl (C=O) groups is 1. The molecular weight excluding hydrogens is 202 g/mol. The Labute approximate surface area is 98.8 Å². The topological polar surface area (TPSA) is 44.4 Å². The zero-order valence-electron chi connectivity index (χ0n) is 11.0. The second-order valence-corrected chi connectivity index (χ2v) is 5.68. The Bertz CT molecular complexity index is 229. The quantitative estimate of drug-likeness (QED) is 0.735. The van der Waals surface area contributed by atoms with Crippen molar-refractivity contribution < 1.29 is 4.79 Å². The Morgan fingerprint density at radius 3 is 2.44 bits per heavy atom. The van der Waals surface area contributed by atoms with E-state index in [9.17, 15) is 4.79 Å². The van der Waals surface area contributed by atoms with E-state index in [2.05, 4.69) is 43.2 Å². The molecular formula is C12H25N3O. The van der Waals surface area contributed by atoms with Gasteiger partial charge >= 0.3 is 0 Å². The first kappa shape index (κ1) is 13.5. The molecule has 2 N–H and O–H groups in total.